The summed E-state index contributed by atoms with van der Waals surface area (Å²) in [5, 5.41) is 9.21. The Kier molecular flexibility index (Phi) is 4.49. The van der Waals surface area contributed by atoms with Gasteiger partial charge in [0.1, 0.15) is 11.5 Å². The van der Waals surface area contributed by atoms with Crippen LogP contribution in [0, 0.1) is 5.92 Å². The van der Waals surface area contributed by atoms with Crippen LogP contribution in [-0.4, -0.2) is 43.3 Å². The van der Waals surface area contributed by atoms with E-state index in [2.05, 4.69) is 0 Å². The lowest BCUT2D eigenvalue weighted by atomic mass is 10.1. The minimum absolute atomic E-state index is 0.0292. The molecule has 2 rings (SSSR count). The van der Waals surface area contributed by atoms with Crippen LogP contribution in [0.15, 0.2) is 18.2 Å². The number of ether oxygens (including phenoxy) is 2. The molecule has 1 aromatic carbocycles. The highest BCUT2D eigenvalue weighted by Crippen LogP contribution is 2.35. The molecule has 1 saturated heterocycles. The first-order valence-electron chi connectivity index (χ1n) is 6.73. The smallest absolute Gasteiger partial charge is 0.223 e. The SMILES string of the molecule is COc1ccc(OC)c(C(C)N2CC(CO)CC2=O)c1. The van der Waals surface area contributed by atoms with Gasteiger partial charge in [-0.1, -0.05) is 0 Å². The Hall–Kier alpha value is -1.75. The summed E-state index contributed by atoms with van der Waals surface area (Å²) in [7, 11) is 3.22. The summed E-state index contributed by atoms with van der Waals surface area (Å²) in [4.78, 5) is 13.8. The molecule has 0 aliphatic carbocycles. The zero-order valence-corrected chi connectivity index (χ0v) is 12.1. The average molecular weight is 279 g/mol. The van der Waals surface area contributed by atoms with Crippen LogP contribution in [0.2, 0.25) is 0 Å². The largest absolute Gasteiger partial charge is 0.497 e. The molecule has 2 unspecified atom stereocenters. The number of aliphatic hydroxyl groups excluding tert-OH is 1. The van der Waals surface area contributed by atoms with Gasteiger partial charge in [-0.25, -0.2) is 0 Å². The molecule has 110 valence electrons. The highest BCUT2D eigenvalue weighted by atomic mass is 16.5. The van der Waals surface area contributed by atoms with Crippen LogP contribution < -0.4 is 9.47 Å². The number of carbonyl (C=O) groups excluding carboxylic acids is 1. The van der Waals surface area contributed by atoms with Gasteiger partial charge in [0.05, 0.1) is 20.3 Å². The lowest BCUT2D eigenvalue weighted by Gasteiger charge is -2.26. The highest BCUT2D eigenvalue weighted by Gasteiger charge is 2.33. The first-order chi connectivity index (χ1) is 9.60. The first-order valence-corrected chi connectivity index (χ1v) is 6.73. The molecular formula is C15H21NO4. The van der Waals surface area contributed by atoms with Crippen molar-refractivity contribution < 1.29 is 19.4 Å². The van der Waals surface area contributed by atoms with Crippen molar-refractivity contribution in [2.75, 3.05) is 27.4 Å². The summed E-state index contributed by atoms with van der Waals surface area (Å²) in [6, 6.07) is 5.46. The number of rotatable bonds is 5. The van der Waals surface area contributed by atoms with E-state index in [0.29, 0.717) is 13.0 Å². The summed E-state index contributed by atoms with van der Waals surface area (Å²) in [5.74, 6) is 1.57. The second kappa shape index (κ2) is 6.13. The number of aliphatic hydroxyl groups is 1. The number of hydrogen-bond acceptors (Lipinski definition) is 4. The first kappa shape index (κ1) is 14.7. The van der Waals surface area contributed by atoms with Gasteiger partial charge in [0.15, 0.2) is 0 Å². The molecule has 0 bridgehead atoms. The lowest BCUT2D eigenvalue weighted by molar-refractivity contribution is -0.129. The Labute approximate surface area is 119 Å². The molecule has 0 saturated carbocycles. The van der Waals surface area contributed by atoms with Crippen molar-refractivity contribution in [1.82, 2.24) is 4.90 Å². The molecule has 5 nitrogen and oxygen atoms in total. The Balaban J connectivity index is 2.28. The van der Waals surface area contributed by atoms with Gasteiger partial charge in [0.25, 0.3) is 0 Å². The fourth-order valence-electron chi connectivity index (χ4n) is 2.64. The van der Waals surface area contributed by atoms with E-state index in [1.54, 1.807) is 19.1 Å². The lowest BCUT2D eigenvalue weighted by Crippen LogP contribution is -2.29. The second-order valence-electron chi connectivity index (χ2n) is 5.08. The number of likely N-dealkylation sites (tertiary alicyclic amines) is 1. The number of methoxy groups -OCH3 is 2. The van der Waals surface area contributed by atoms with Gasteiger partial charge >= 0.3 is 0 Å². The molecule has 0 spiro atoms. The number of benzene rings is 1. The topological polar surface area (TPSA) is 59.0 Å². The molecule has 20 heavy (non-hydrogen) atoms. The third-order valence-electron chi connectivity index (χ3n) is 3.85. The van der Waals surface area contributed by atoms with Crippen LogP contribution in [-0.2, 0) is 4.79 Å². The Bertz CT molecular complexity index is 489. The van der Waals surface area contributed by atoms with Gasteiger partial charge in [0.2, 0.25) is 5.91 Å². The van der Waals surface area contributed by atoms with E-state index >= 15 is 0 Å². The summed E-state index contributed by atoms with van der Waals surface area (Å²) in [5.41, 5.74) is 0.916. The summed E-state index contributed by atoms with van der Waals surface area (Å²) in [6.07, 6.45) is 0.410. The molecule has 0 radical (unpaired) electrons. The zero-order valence-electron chi connectivity index (χ0n) is 12.1. The maximum atomic E-state index is 12.1. The minimum Gasteiger partial charge on any atom is -0.497 e. The van der Waals surface area contributed by atoms with E-state index in [-0.39, 0.29) is 24.5 Å². The summed E-state index contributed by atoms with van der Waals surface area (Å²) >= 11 is 0. The van der Waals surface area contributed by atoms with Gasteiger partial charge in [-0.15, -0.1) is 0 Å². The number of hydrogen-bond donors (Lipinski definition) is 1. The van der Waals surface area contributed by atoms with E-state index in [1.807, 2.05) is 25.1 Å². The monoisotopic (exact) mass is 279 g/mol. The van der Waals surface area contributed by atoms with E-state index < -0.39 is 0 Å². The molecule has 2 atom stereocenters. The van der Waals surface area contributed by atoms with Crippen molar-refractivity contribution in [3.63, 3.8) is 0 Å². The normalized spacial score (nSPS) is 20.1. The van der Waals surface area contributed by atoms with Gasteiger partial charge in [-0.3, -0.25) is 4.79 Å². The van der Waals surface area contributed by atoms with Gasteiger partial charge in [-0.2, -0.15) is 0 Å². The Morgan fingerprint density at radius 1 is 1.40 bits per heavy atom. The second-order valence-corrected chi connectivity index (χ2v) is 5.08. The van der Waals surface area contributed by atoms with Crippen LogP contribution >= 0.6 is 0 Å². The van der Waals surface area contributed by atoms with E-state index in [9.17, 15) is 9.90 Å². The maximum absolute atomic E-state index is 12.1. The standard InChI is InChI=1S/C15H21NO4/c1-10(16-8-11(9-17)6-15(16)18)13-7-12(19-2)4-5-14(13)20-3/h4-5,7,10-11,17H,6,8-9H2,1-3H3. The van der Waals surface area contributed by atoms with Crippen molar-refractivity contribution in [3.8, 4) is 11.5 Å². The minimum atomic E-state index is -0.107. The summed E-state index contributed by atoms with van der Waals surface area (Å²) in [6.45, 7) is 2.59. The van der Waals surface area contributed by atoms with Gasteiger partial charge in [-0.05, 0) is 25.1 Å². The fraction of sp³-hybridized carbons (Fsp3) is 0.533. The molecule has 0 aromatic heterocycles. The predicted molar refractivity (Wildman–Crippen MR) is 74.9 cm³/mol. The fourth-order valence-corrected chi connectivity index (χ4v) is 2.64. The van der Waals surface area contributed by atoms with Crippen molar-refractivity contribution >= 4 is 5.91 Å². The number of nitrogens with zero attached hydrogens (tertiary/aromatic N) is 1. The van der Waals surface area contributed by atoms with Gasteiger partial charge in [0, 0.05) is 31.1 Å². The third kappa shape index (κ3) is 2.72. The van der Waals surface area contributed by atoms with E-state index in [4.69, 9.17) is 9.47 Å². The maximum Gasteiger partial charge on any atom is 0.223 e. The van der Waals surface area contributed by atoms with Crippen molar-refractivity contribution in [2.24, 2.45) is 5.92 Å². The zero-order chi connectivity index (χ0) is 14.7. The average Bonchev–Trinajstić information content (AvgIpc) is 2.86. The molecule has 1 amide bonds. The van der Waals surface area contributed by atoms with E-state index in [1.165, 1.54) is 0 Å². The summed E-state index contributed by atoms with van der Waals surface area (Å²) < 4.78 is 10.6. The molecular weight excluding hydrogens is 258 g/mol. The third-order valence-corrected chi connectivity index (χ3v) is 3.85. The molecule has 1 aliphatic heterocycles. The van der Waals surface area contributed by atoms with Crippen LogP contribution in [0.4, 0.5) is 0 Å². The number of carbonyl (C=O) groups is 1. The molecule has 1 aromatic rings. The molecule has 1 aliphatic rings. The van der Waals surface area contributed by atoms with Gasteiger partial charge < -0.3 is 19.5 Å². The van der Waals surface area contributed by atoms with Crippen LogP contribution in [0.1, 0.15) is 24.9 Å². The Morgan fingerprint density at radius 3 is 2.70 bits per heavy atom. The molecule has 1 N–H and O–H groups in total. The van der Waals surface area contributed by atoms with Crippen molar-refractivity contribution in [2.45, 2.75) is 19.4 Å². The van der Waals surface area contributed by atoms with Crippen molar-refractivity contribution in [3.05, 3.63) is 23.8 Å². The molecule has 1 fully saturated rings. The molecule has 1 heterocycles. The van der Waals surface area contributed by atoms with E-state index in [0.717, 1.165) is 17.1 Å². The highest BCUT2D eigenvalue weighted by molar-refractivity contribution is 5.79. The molecule has 5 heteroatoms. The van der Waals surface area contributed by atoms with Crippen molar-refractivity contribution in [1.29, 1.82) is 0 Å². The predicted octanol–water partition coefficient (Wildman–Crippen LogP) is 1.61. The Morgan fingerprint density at radius 2 is 2.15 bits per heavy atom. The number of amides is 1. The van der Waals surface area contributed by atoms with Crippen LogP contribution in [0.3, 0.4) is 0 Å². The van der Waals surface area contributed by atoms with Crippen LogP contribution in [0.25, 0.3) is 0 Å². The quantitative estimate of drug-likeness (QED) is 0.889. The van der Waals surface area contributed by atoms with Crippen LogP contribution in [0.5, 0.6) is 11.5 Å².